The fourth-order valence-corrected chi connectivity index (χ4v) is 3.05. The number of furan rings is 1. The molecule has 0 saturated carbocycles. The van der Waals surface area contributed by atoms with E-state index in [0.29, 0.717) is 24.1 Å². The number of para-hydroxylation sites is 1. The molecular formula is C14H12N2O3. The summed E-state index contributed by atoms with van der Waals surface area (Å²) in [6, 6.07) is 7.41. The van der Waals surface area contributed by atoms with Crippen molar-refractivity contribution in [2.24, 2.45) is 0 Å². The van der Waals surface area contributed by atoms with E-state index in [1.807, 2.05) is 25.1 Å². The Morgan fingerprint density at radius 1 is 1.32 bits per heavy atom. The van der Waals surface area contributed by atoms with E-state index < -0.39 is 5.66 Å². The summed E-state index contributed by atoms with van der Waals surface area (Å²) in [6.07, 6.45) is 1.06. The maximum atomic E-state index is 12.2. The second-order valence-corrected chi connectivity index (χ2v) is 5.23. The van der Waals surface area contributed by atoms with Crippen LogP contribution < -0.4 is 10.2 Å². The van der Waals surface area contributed by atoms with Gasteiger partial charge in [0.25, 0.3) is 5.91 Å². The van der Waals surface area contributed by atoms with Crippen molar-refractivity contribution >= 4 is 28.5 Å². The van der Waals surface area contributed by atoms with E-state index >= 15 is 0 Å². The lowest BCUT2D eigenvalue weighted by Gasteiger charge is -2.38. The minimum Gasteiger partial charge on any atom is -0.449 e. The van der Waals surface area contributed by atoms with Gasteiger partial charge in [0.1, 0.15) is 16.9 Å². The molecule has 1 fully saturated rings. The van der Waals surface area contributed by atoms with Gasteiger partial charge < -0.3 is 9.73 Å². The number of hydrogen-bond donors (Lipinski definition) is 1. The van der Waals surface area contributed by atoms with Crippen LogP contribution >= 0.6 is 0 Å². The highest BCUT2D eigenvalue weighted by molar-refractivity contribution is 6.15. The van der Waals surface area contributed by atoms with Gasteiger partial charge >= 0.3 is 0 Å². The van der Waals surface area contributed by atoms with Crippen LogP contribution in [-0.2, 0) is 4.79 Å². The van der Waals surface area contributed by atoms with Crippen LogP contribution in [0, 0.1) is 0 Å². The van der Waals surface area contributed by atoms with Crippen molar-refractivity contribution in [2.45, 2.75) is 25.4 Å². The van der Waals surface area contributed by atoms with E-state index in [9.17, 15) is 9.59 Å². The third kappa shape index (κ3) is 1.19. The summed E-state index contributed by atoms with van der Waals surface area (Å²) < 4.78 is 5.60. The molecule has 1 atom stereocenters. The smallest absolute Gasteiger partial charge is 0.291 e. The number of nitrogens with one attached hydrogen (secondary N) is 1. The predicted molar refractivity (Wildman–Crippen MR) is 68.8 cm³/mol. The van der Waals surface area contributed by atoms with Gasteiger partial charge in [0.2, 0.25) is 11.7 Å². The number of carbonyl (C=O) groups is 2. The number of amides is 2. The van der Waals surface area contributed by atoms with Gasteiger partial charge in [-0.3, -0.25) is 14.5 Å². The summed E-state index contributed by atoms with van der Waals surface area (Å²) in [7, 11) is 0. The average Bonchev–Trinajstić information content (AvgIpc) is 2.89. The first-order valence-corrected chi connectivity index (χ1v) is 6.27. The van der Waals surface area contributed by atoms with E-state index in [1.54, 1.807) is 11.0 Å². The molecule has 5 nitrogen and oxygen atoms in total. The van der Waals surface area contributed by atoms with Crippen LogP contribution in [0.25, 0.3) is 11.0 Å². The van der Waals surface area contributed by atoms with Gasteiger partial charge in [0.05, 0.1) is 0 Å². The van der Waals surface area contributed by atoms with Crippen molar-refractivity contribution in [1.29, 1.82) is 0 Å². The Bertz CT molecular complexity index is 733. The number of hydrogen-bond acceptors (Lipinski definition) is 3. The molecule has 0 aliphatic carbocycles. The van der Waals surface area contributed by atoms with Crippen LogP contribution in [0.2, 0.25) is 0 Å². The molecule has 2 aliphatic heterocycles. The summed E-state index contributed by atoms with van der Waals surface area (Å²) in [5.41, 5.74) is 0.615. The molecule has 0 spiro atoms. The zero-order valence-electron chi connectivity index (χ0n) is 10.4. The quantitative estimate of drug-likeness (QED) is 0.784. The van der Waals surface area contributed by atoms with Crippen LogP contribution in [0.1, 0.15) is 30.3 Å². The van der Waals surface area contributed by atoms with E-state index in [-0.39, 0.29) is 17.6 Å². The number of nitrogens with zero attached hydrogens (tertiary/aromatic N) is 1. The highest BCUT2D eigenvalue weighted by atomic mass is 16.3. The standard InChI is InChI=1S/C14H12N2O3/c1-14-7-6-10(17)16(14)11-8-4-2-3-5-9(8)19-12(11)13(18)15-14/h2-5H,6-7H2,1H3,(H,15,18)/t14-/m1/s1. The van der Waals surface area contributed by atoms with Crippen molar-refractivity contribution in [3.05, 3.63) is 30.0 Å². The van der Waals surface area contributed by atoms with Crippen LogP contribution in [0.5, 0.6) is 0 Å². The SMILES string of the molecule is C[C@]12CCC(=O)N1c1c(oc3ccccc13)C(=O)N2. The van der Waals surface area contributed by atoms with E-state index in [4.69, 9.17) is 4.42 Å². The lowest BCUT2D eigenvalue weighted by molar-refractivity contribution is -0.117. The van der Waals surface area contributed by atoms with Crippen LogP contribution in [0.4, 0.5) is 5.69 Å². The molecule has 96 valence electrons. The summed E-state index contributed by atoms with van der Waals surface area (Å²) in [5.74, 6) is 0.00359. The number of benzene rings is 1. The van der Waals surface area contributed by atoms with Crippen molar-refractivity contribution < 1.29 is 14.0 Å². The van der Waals surface area contributed by atoms with Gasteiger partial charge in [-0.05, 0) is 25.5 Å². The number of carbonyl (C=O) groups excluding carboxylic acids is 2. The zero-order chi connectivity index (χ0) is 13.2. The molecule has 2 aromatic rings. The fraction of sp³-hybridized carbons (Fsp3) is 0.286. The van der Waals surface area contributed by atoms with Gasteiger partial charge in [0, 0.05) is 11.8 Å². The summed E-state index contributed by atoms with van der Waals surface area (Å²) >= 11 is 0. The van der Waals surface area contributed by atoms with Gasteiger partial charge in [-0.2, -0.15) is 0 Å². The molecule has 1 saturated heterocycles. The Labute approximate surface area is 109 Å². The molecule has 2 aliphatic rings. The highest BCUT2D eigenvalue weighted by Gasteiger charge is 2.50. The molecule has 19 heavy (non-hydrogen) atoms. The number of anilines is 1. The lowest BCUT2D eigenvalue weighted by Crippen LogP contribution is -2.59. The van der Waals surface area contributed by atoms with Crippen molar-refractivity contribution in [2.75, 3.05) is 4.90 Å². The van der Waals surface area contributed by atoms with Crippen LogP contribution in [-0.4, -0.2) is 17.5 Å². The maximum Gasteiger partial charge on any atom is 0.291 e. The lowest BCUT2D eigenvalue weighted by atomic mass is 10.0. The molecule has 1 aromatic heterocycles. The van der Waals surface area contributed by atoms with Gasteiger partial charge in [-0.15, -0.1) is 0 Å². The van der Waals surface area contributed by atoms with Gasteiger partial charge in [0.15, 0.2) is 0 Å². The Hall–Kier alpha value is -2.30. The molecule has 2 amide bonds. The van der Waals surface area contributed by atoms with Crippen LogP contribution in [0.3, 0.4) is 0 Å². The minimum absolute atomic E-state index is 0.0234. The first-order valence-electron chi connectivity index (χ1n) is 6.27. The third-order valence-electron chi connectivity index (χ3n) is 3.95. The number of rotatable bonds is 0. The Kier molecular flexibility index (Phi) is 1.77. The van der Waals surface area contributed by atoms with Gasteiger partial charge in [-0.25, -0.2) is 0 Å². The second-order valence-electron chi connectivity index (χ2n) is 5.23. The predicted octanol–water partition coefficient (Wildman–Crippen LogP) is 2.02. The Morgan fingerprint density at radius 3 is 2.95 bits per heavy atom. The molecule has 0 bridgehead atoms. The normalized spacial score (nSPS) is 25.4. The number of fused-ring (bicyclic) bond motifs is 5. The van der Waals surface area contributed by atoms with Crippen molar-refractivity contribution in [3.63, 3.8) is 0 Å². The first-order chi connectivity index (χ1) is 9.10. The summed E-state index contributed by atoms with van der Waals surface area (Å²) in [4.78, 5) is 26.0. The Balaban J connectivity index is 2.09. The second kappa shape index (κ2) is 3.17. The monoisotopic (exact) mass is 256 g/mol. The minimum atomic E-state index is -0.631. The molecule has 0 radical (unpaired) electrons. The van der Waals surface area contributed by atoms with Crippen molar-refractivity contribution in [1.82, 2.24) is 5.32 Å². The summed E-state index contributed by atoms with van der Waals surface area (Å²) in [6.45, 7) is 1.88. The van der Waals surface area contributed by atoms with Crippen LogP contribution in [0.15, 0.2) is 28.7 Å². The zero-order valence-corrected chi connectivity index (χ0v) is 10.4. The Morgan fingerprint density at radius 2 is 2.11 bits per heavy atom. The molecule has 0 unspecified atom stereocenters. The molecule has 3 heterocycles. The van der Waals surface area contributed by atoms with Crippen molar-refractivity contribution in [3.8, 4) is 0 Å². The average molecular weight is 256 g/mol. The first kappa shape index (κ1) is 10.6. The molecule has 1 N–H and O–H groups in total. The largest absolute Gasteiger partial charge is 0.449 e. The molecular weight excluding hydrogens is 244 g/mol. The molecule has 5 heteroatoms. The third-order valence-corrected chi connectivity index (χ3v) is 3.95. The van der Waals surface area contributed by atoms with E-state index in [2.05, 4.69) is 5.32 Å². The van der Waals surface area contributed by atoms with Gasteiger partial charge in [-0.1, -0.05) is 12.1 Å². The molecule has 4 rings (SSSR count). The van der Waals surface area contributed by atoms with E-state index in [0.717, 1.165) is 5.39 Å². The summed E-state index contributed by atoms with van der Waals surface area (Å²) in [5, 5.41) is 3.69. The maximum absolute atomic E-state index is 12.2. The highest BCUT2D eigenvalue weighted by Crippen LogP contribution is 2.44. The van der Waals surface area contributed by atoms with E-state index in [1.165, 1.54) is 0 Å². The topological polar surface area (TPSA) is 62.6 Å². The molecule has 1 aromatic carbocycles. The fourth-order valence-electron chi connectivity index (χ4n) is 3.05.